The van der Waals surface area contributed by atoms with Crippen molar-refractivity contribution in [2.24, 2.45) is 4.99 Å². The predicted octanol–water partition coefficient (Wildman–Crippen LogP) is 3.93. The molecule has 1 aromatic rings. The molecule has 26 heavy (non-hydrogen) atoms. The minimum absolute atomic E-state index is 0.0184. The summed E-state index contributed by atoms with van der Waals surface area (Å²) in [7, 11) is 0. The van der Waals surface area contributed by atoms with Crippen molar-refractivity contribution in [3.05, 3.63) is 46.0 Å². The fraction of sp³-hybridized carbons (Fsp3) is 0.316. The van der Waals surface area contributed by atoms with E-state index in [1.54, 1.807) is 19.9 Å². The summed E-state index contributed by atoms with van der Waals surface area (Å²) < 4.78 is 19.2. The number of hydrogen-bond donors (Lipinski definition) is 1. The first kappa shape index (κ1) is 19.3. The number of carbonyl (C=O) groups excluding carboxylic acids is 2. The van der Waals surface area contributed by atoms with Crippen LogP contribution in [0, 0.1) is 6.92 Å². The molecule has 1 N–H and O–H groups in total. The molecular formula is C19H18FNO5. The number of halogens is 1. The second-order valence-electron chi connectivity index (χ2n) is 6.01. The van der Waals surface area contributed by atoms with Crippen LogP contribution in [-0.2, 0) is 27.4 Å². The monoisotopic (exact) mass is 359 g/mol. The van der Waals surface area contributed by atoms with Gasteiger partial charge in [-0.2, -0.15) is 4.99 Å². The fourth-order valence-corrected chi connectivity index (χ4v) is 3.00. The molecule has 0 saturated heterocycles. The van der Waals surface area contributed by atoms with Gasteiger partial charge in [-0.25, -0.2) is 14.0 Å². The number of cyclic esters (lactones) is 1. The maximum Gasteiger partial charge on any atom is 0.341 e. The smallest absolute Gasteiger partial charge is 0.341 e. The molecule has 0 radical (unpaired) electrons. The summed E-state index contributed by atoms with van der Waals surface area (Å²) in [5, 5.41) is 8.75. The van der Waals surface area contributed by atoms with Crippen molar-refractivity contribution in [1.29, 1.82) is 0 Å². The van der Waals surface area contributed by atoms with Crippen molar-refractivity contribution in [2.45, 2.75) is 39.7 Å². The Bertz CT molecular complexity index is 879. The van der Waals surface area contributed by atoms with E-state index in [1.807, 2.05) is 0 Å². The number of carbonyl (C=O) groups is 2. The molecule has 0 unspecified atom stereocenters. The van der Waals surface area contributed by atoms with Crippen LogP contribution in [0.25, 0.3) is 5.83 Å². The highest BCUT2D eigenvalue weighted by molar-refractivity contribution is 6.01. The quantitative estimate of drug-likeness (QED) is 0.345. The van der Waals surface area contributed by atoms with Crippen LogP contribution in [-0.4, -0.2) is 23.1 Å². The Morgan fingerprint density at radius 1 is 1.46 bits per heavy atom. The number of ether oxygens (including phenoxy) is 1. The van der Waals surface area contributed by atoms with Gasteiger partial charge in [-0.05, 0) is 37.8 Å². The molecule has 0 saturated carbocycles. The first-order valence-electron chi connectivity index (χ1n) is 7.93. The van der Waals surface area contributed by atoms with Crippen molar-refractivity contribution < 1.29 is 28.6 Å². The Morgan fingerprint density at radius 2 is 2.15 bits per heavy atom. The van der Waals surface area contributed by atoms with E-state index in [9.17, 15) is 18.8 Å². The lowest BCUT2D eigenvalue weighted by molar-refractivity contribution is -0.136. The van der Waals surface area contributed by atoms with E-state index in [0.717, 1.165) is 5.57 Å². The van der Waals surface area contributed by atoms with E-state index in [2.05, 4.69) is 11.6 Å². The average Bonchev–Trinajstić information content (AvgIpc) is 2.95. The summed E-state index contributed by atoms with van der Waals surface area (Å²) in [5.74, 6) is -2.25. The van der Waals surface area contributed by atoms with Gasteiger partial charge in [0.2, 0.25) is 6.08 Å². The summed E-state index contributed by atoms with van der Waals surface area (Å²) in [4.78, 5) is 37.2. The minimum Gasteiger partial charge on any atom is -0.481 e. The number of hydrogen-bond acceptors (Lipinski definition) is 5. The zero-order valence-corrected chi connectivity index (χ0v) is 14.5. The van der Waals surface area contributed by atoms with Crippen molar-refractivity contribution in [1.82, 2.24) is 0 Å². The van der Waals surface area contributed by atoms with E-state index in [1.165, 1.54) is 6.08 Å². The van der Waals surface area contributed by atoms with Crippen LogP contribution in [0.1, 0.15) is 52.4 Å². The van der Waals surface area contributed by atoms with E-state index in [4.69, 9.17) is 9.84 Å². The van der Waals surface area contributed by atoms with Gasteiger partial charge in [0.1, 0.15) is 12.4 Å². The number of aliphatic carboxylic acids is 1. The maximum atomic E-state index is 14.2. The Kier molecular flexibility index (Phi) is 5.85. The Morgan fingerprint density at radius 3 is 2.73 bits per heavy atom. The van der Waals surface area contributed by atoms with E-state index in [0.29, 0.717) is 23.1 Å². The van der Waals surface area contributed by atoms with Gasteiger partial charge >= 0.3 is 11.9 Å². The van der Waals surface area contributed by atoms with Crippen molar-refractivity contribution in [3.63, 3.8) is 0 Å². The summed E-state index contributed by atoms with van der Waals surface area (Å²) in [6.07, 6.45) is 3.59. The lowest BCUT2D eigenvalue weighted by Gasteiger charge is -2.16. The van der Waals surface area contributed by atoms with Crippen LogP contribution >= 0.6 is 0 Å². The third-order valence-corrected chi connectivity index (χ3v) is 4.32. The van der Waals surface area contributed by atoms with Gasteiger partial charge in [0.05, 0.1) is 11.3 Å². The maximum absolute atomic E-state index is 14.2. The highest BCUT2D eigenvalue weighted by atomic mass is 19.1. The number of esters is 1. The molecule has 0 amide bonds. The third kappa shape index (κ3) is 3.78. The highest BCUT2D eigenvalue weighted by Gasteiger charge is 2.32. The van der Waals surface area contributed by atoms with Gasteiger partial charge in [0.15, 0.2) is 0 Å². The number of fused-ring (bicyclic) bond motifs is 1. The van der Waals surface area contributed by atoms with Crippen LogP contribution in [0.5, 0.6) is 0 Å². The molecule has 0 bridgehead atoms. The summed E-state index contributed by atoms with van der Waals surface area (Å²) in [5.41, 5.74) is 2.44. The first-order valence-corrected chi connectivity index (χ1v) is 7.93. The molecule has 0 spiro atoms. The second-order valence-corrected chi connectivity index (χ2v) is 6.01. The van der Waals surface area contributed by atoms with Gasteiger partial charge < -0.3 is 9.84 Å². The largest absolute Gasteiger partial charge is 0.481 e. The normalized spacial score (nSPS) is 13.0. The number of aliphatic imine (C=N–C) groups is 1. The van der Waals surface area contributed by atoms with Crippen molar-refractivity contribution in [3.8, 4) is 0 Å². The molecule has 1 aliphatic heterocycles. The second kappa shape index (κ2) is 7.89. The van der Waals surface area contributed by atoms with Gasteiger partial charge in [-0.1, -0.05) is 18.2 Å². The summed E-state index contributed by atoms with van der Waals surface area (Å²) >= 11 is 0. The predicted molar refractivity (Wildman–Crippen MR) is 92.6 cm³/mol. The zero-order chi connectivity index (χ0) is 19.4. The van der Waals surface area contributed by atoms with Gasteiger partial charge in [-0.15, -0.1) is 0 Å². The van der Waals surface area contributed by atoms with Gasteiger partial charge in [0.25, 0.3) is 0 Å². The van der Waals surface area contributed by atoms with Crippen LogP contribution in [0.4, 0.5) is 10.1 Å². The van der Waals surface area contributed by atoms with Crippen molar-refractivity contribution in [2.75, 3.05) is 0 Å². The lowest BCUT2D eigenvalue weighted by atomic mass is 9.89. The Balaban J connectivity index is 2.61. The molecule has 1 aromatic carbocycles. The number of nitrogens with zero attached hydrogens (tertiary/aromatic N) is 1. The molecule has 2 rings (SSSR count). The number of rotatable bonds is 7. The molecule has 1 heterocycles. The average molecular weight is 359 g/mol. The summed E-state index contributed by atoms with van der Waals surface area (Å²) in [6, 6.07) is 0. The number of isocyanates is 1. The van der Waals surface area contributed by atoms with Crippen LogP contribution in [0.15, 0.2) is 23.2 Å². The fourth-order valence-electron chi connectivity index (χ4n) is 3.00. The van der Waals surface area contributed by atoms with Gasteiger partial charge in [0, 0.05) is 17.5 Å². The lowest BCUT2D eigenvalue weighted by Crippen LogP contribution is -2.04. The summed E-state index contributed by atoms with van der Waals surface area (Å²) in [6.45, 7) is 6.74. The highest BCUT2D eigenvalue weighted by Crippen LogP contribution is 2.41. The molecular weight excluding hydrogens is 341 g/mol. The standard InChI is InChI=1S/C19H18FNO5/c1-10(5-7-15(23)24)4-6-13-16(12(3)20)11(2)14-8-26-19(25)17(14)18(13)21-9-22/h4H,3,5-8H2,1-2H3,(H,23,24). The number of carboxylic acid groups (broad SMARTS) is 1. The molecule has 1 aliphatic rings. The Labute approximate surface area is 149 Å². The van der Waals surface area contributed by atoms with E-state index < -0.39 is 17.8 Å². The molecule has 6 nitrogen and oxygen atoms in total. The molecule has 7 heteroatoms. The third-order valence-electron chi connectivity index (χ3n) is 4.32. The van der Waals surface area contributed by atoms with Gasteiger partial charge in [-0.3, -0.25) is 4.79 Å². The van der Waals surface area contributed by atoms with Crippen LogP contribution < -0.4 is 0 Å². The molecule has 0 aromatic heterocycles. The SMILES string of the molecule is C=C(F)c1c(C)c2c(c(N=C=O)c1CC=C(C)CCC(=O)O)C(=O)OC2. The minimum atomic E-state index is -0.919. The van der Waals surface area contributed by atoms with Crippen molar-refractivity contribution >= 4 is 29.5 Å². The Hall–Kier alpha value is -3.05. The first-order chi connectivity index (χ1) is 12.3. The molecule has 0 aliphatic carbocycles. The molecule has 0 atom stereocenters. The zero-order valence-electron chi connectivity index (χ0n) is 14.5. The topological polar surface area (TPSA) is 93.0 Å². The number of allylic oxidation sites excluding steroid dienone is 2. The molecule has 136 valence electrons. The van der Waals surface area contributed by atoms with E-state index >= 15 is 0 Å². The number of benzene rings is 1. The van der Waals surface area contributed by atoms with Crippen LogP contribution in [0.3, 0.4) is 0 Å². The van der Waals surface area contributed by atoms with E-state index in [-0.39, 0.29) is 36.3 Å². The number of carboxylic acids is 1. The van der Waals surface area contributed by atoms with Crippen LogP contribution in [0.2, 0.25) is 0 Å². The molecule has 0 fully saturated rings.